The van der Waals surface area contributed by atoms with Gasteiger partial charge in [-0.3, -0.25) is 14.4 Å². The van der Waals surface area contributed by atoms with Gasteiger partial charge in [-0.25, -0.2) is 0 Å². The van der Waals surface area contributed by atoms with Gasteiger partial charge in [-0.2, -0.15) is 0 Å². The monoisotopic (exact) mass is 404 g/mol. The molecule has 3 aromatic carbocycles. The van der Waals surface area contributed by atoms with Crippen LogP contribution in [0.1, 0.15) is 36.6 Å². The topological polar surface area (TPSA) is 71.4 Å². The van der Waals surface area contributed by atoms with Crippen LogP contribution in [0.2, 0.25) is 0 Å². The molecule has 1 N–H and O–H groups in total. The van der Waals surface area contributed by atoms with Gasteiger partial charge in [-0.1, -0.05) is 66.8 Å². The number of allylic oxidation sites excluding steroid dienone is 7. The van der Waals surface area contributed by atoms with Gasteiger partial charge in [-0.05, 0) is 35.1 Å². The summed E-state index contributed by atoms with van der Waals surface area (Å²) >= 11 is 0. The molecule has 31 heavy (non-hydrogen) atoms. The number of hydrogen-bond acceptors (Lipinski definition) is 4. The van der Waals surface area contributed by atoms with E-state index >= 15 is 0 Å². The van der Waals surface area contributed by atoms with E-state index in [0.29, 0.717) is 22.3 Å². The molecule has 0 fully saturated rings. The second kappa shape index (κ2) is 7.18. The maximum Gasteiger partial charge on any atom is 0.197 e. The molecule has 0 atom stereocenters. The average molecular weight is 404 g/mol. The third-order valence-corrected chi connectivity index (χ3v) is 5.54. The SMILES string of the molecule is O=C1C(=CC=CC=CC2=C(O)c3cc4ccccc4cc3C2=O)C(=O)c2ccccc21. The van der Waals surface area contributed by atoms with Crippen LogP contribution in [0.3, 0.4) is 0 Å². The molecule has 0 radical (unpaired) electrons. The van der Waals surface area contributed by atoms with Crippen molar-refractivity contribution in [3.05, 3.63) is 124 Å². The number of fused-ring (bicyclic) bond motifs is 3. The lowest BCUT2D eigenvalue weighted by atomic mass is 10.0. The predicted octanol–water partition coefficient (Wildman–Crippen LogP) is 5.42. The lowest BCUT2D eigenvalue weighted by molar-refractivity contribution is 0.0986. The normalized spacial score (nSPS) is 15.6. The molecule has 4 nitrogen and oxygen atoms in total. The fraction of sp³-hybridized carbons (Fsp3) is 0. The Balaban J connectivity index is 1.38. The molecular formula is C27H16O4. The van der Waals surface area contributed by atoms with E-state index in [2.05, 4.69) is 0 Å². The van der Waals surface area contributed by atoms with Crippen molar-refractivity contribution in [2.75, 3.05) is 0 Å². The number of aliphatic hydroxyl groups excluding tert-OH is 1. The zero-order chi connectivity index (χ0) is 21.5. The largest absolute Gasteiger partial charge is 0.507 e. The van der Waals surface area contributed by atoms with E-state index in [1.807, 2.05) is 30.3 Å². The van der Waals surface area contributed by atoms with Crippen molar-refractivity contribution in [2.24, 2.45) is 0 Å². The first-order chi connectivity index (χ1) is 15.1. The summed E-state index contributed by atoms with van der Waals surface area (Å²) in [5.74, 6) is -0.866. The van der Waals surface area contributed by atoms with Gasteiger partial charge in [0.2, 0.25) is 0 Å². The van der Waals surface area contributed by atoms with Gasteiger partial charge in [0.15, 0.2) is 17.3 Å². The number of rotatable bonds is 3. The number of Topliss-reactive ketones (excluding diaryl/α,β-unsaturated/α-hetero) is 3. The van der Waals surface area contributed by atoms with Crippen LogP contribution in [-0.4, -0.2) is 22.5 Å². The molecule has 0 amide bonds. The van der Waals surface area contributed by atoms with Crippen molar-refractivity contribution in [1.82, 2.24) is 0 Å². The number of benzene rings is 3. The Morgan fingerprint density at radius 2 is 1.19 bits per heavy atom. The lowest BCUT2D eigenvalue weighted by Gasteiger charge is -2.02. The number of aliphatic hydroxyl groups is 1. The fourth-order valence-corrected chi connectivity index (χ4v) is 3.97. The minimum absolute atomic E-state index is 0.0506. The van der Waals surface area contributed by atoms with Crippen LogP contribution in [0.4, 0.5) is 0 Å². The maximum atomic E-state index is 12.7. The van der Waals surface area contributed by atoms with Crippen LogP contribution >= 0.6 is 0 Å². The van der Waals surface area contributed by atoms with Crippen LogP contribution in [0.25, 0.3) is 16.5 Å². The summed E-state index contributed by atoms with van der Waals surface area (Å²) in [7, 11) is 0. The molecule has 0 saturated heterocycles. The fourth-order valence-electron chi connectivity index (χ4n) is 3.97. The Hall–Kier alpha value is -4.31. The molecule has 5 rings (SSSR count). The van der Waals surface area contributed by atoms with Gasteiger partial charge in [0, 0.05) is 22.3 Å². The zero-order valence-electron chi connectivity index (χ0n) is 16.3. The average Bonchev–Trinajstić information content (AvgIpc) is 3.17. The van der Waals surface area contributed by atoms with Gasteiger partial charge in [0.25, 0.3) is 0 Å². The summed E-state index contributed by atoms with van der Waals surface area (Å²) in [5, 5.41) is 12.4. The smallest absolute Gasteiger partial charge is 0.197 e. The second-order valence-corrected chi connectivity index (χ2v) is 7.36. The van der Waals surface area contributed by atoms with E-state index < -0.39 is 0 Å². The third-order valence-electron chi connectivity index (χ3n) is 5.54. The highest BCUT2D eigenvalue weighted by molar-refractivity contribution is 6.39. The Kier molecular flexibility index (Phi) is 4.33. The lowest BCUT2D eigenvalue weighted by Crippen LogP contribution is -1.99. The summed E-state index contributed by atoms with van der Waals surface area (Å²) in [4.78, 5) is 37.5. The van der Waals surface area contributed by atoms with Gasteiger partial charge in [-0.15, -0.1) is 0 Å². The van der Waals surface area contributed by atoms with Crippen LogP contribution < -0.4 is 0 Å². The van der Waals surface area contributed by atoms with E-state index in [0.717, 1.165) is 10.8 Å². The number of carbonyl (C=O) groups is 3. The Labute approximate surface area is 178 Å². The highest BCUT2D eigenvalue weighted by atomic mass is 16.3. The van der Waals surface area contributed by atoms with Crippen LogP contribution in [0, 0.1) is 0 Å². The minimum atomic E-state index is -0.289. The number of ketones is 3. The molecule has 0 spiro atoms. The first-order valence-corrected chi connectivity index (χ1v) is 9.81. The molecule has 0 aliphatic heterocycles. The van der Waals surface area contributed by atoms with Gasteiger partial charge >= 0.3 is 0 Å². The van der Waals surface area contributed by atoms with Crippen molar-refractivity contribution < 1.29 is 19.5 Å². The Morgan fingerprint density at radius 1 is 0.613 bits per heavy atom. The van der Waals surface area contributed by atoms with Crippen LogP contribution in [-0.2, 0) is 0 Å². The molecule has 0 bridgehead atoms. The maximum absolute atomic E-state index is 12.7. The van der Waals surface area contributed by atoms with Crippen molar-refractivity contribution in [3.8, 4) is 0 Å². The predicted molar refractivity (Wildman–Crippen MR) is 119 cm³/mol. The quantitative estimate of drug-likeness (QED) is 0.359. The molecule has 4 heteroatoms. The Bertz CT molecular complexity index is 1390. The van der Waals surface area contributed by atoms with E-state index in [9.17, 15) is 19.5 Å². The summed E-state index contributed by atoms with van der Waals surface area (Å²) in [6.45, 7) is 0. The van der Waals surface area contributed by atoms with Crippen LogP contribution in [0.5, 0.6) is 0 Å². The summed E-state index contributed by atoms with van der Waals surface area (Å²) in [6, 6.07) is 18.0. The molecule has 0 heterocycles. The van der Waals surface area contributed by atoms with Gasteiger partial charge in [0.05, 0.1) is 11.1 Å². The summed E-state index contributed by atoms with van der Waals surface area (Å²) in [6.07, 6.45) is 7.80. The van der Waals surface area contributed by atoms with E-state index in [4.69, 9.17) is 0 Å². The first kappa shape index (κ1) is 18.7. The third kappa shape index (κ3) is 2.97. The van der Waals surface area contributed by atoms with E-state index in [1.165, 1.54) is 12.2 Å². The Morgan fingerprint density at radius 3 is 1.84 bits per heavy atom. The van der Waals surface area contributed by atoms with E-state index in [-0.39, 0.29) is 34.3 Å². The van der Waals surface area contributed by atoms with E-state index in [1.54, 1.807) is 48.6 Å². The van der Waals surface area contributed by atoms with Gasteiger partial charge < -0.3 is 5.11 Å². The summed E-state index contributed by atoms with van der Waals surface area (Å²) < 4.78 is 0. The standard InChI is InChI=1S/C27H16O4/c28-24-18-10-6-7-11-19(18)25(29)20(24)12-2-1-3-13-21-26(30)22-14-16-8-4-5-9-17(16)15-23(22)27(21)31/h1-15,30H. The molecule has 0 saturated carbocycles. The van der Waals surface area contributed by atoms with Crippen LogP contribution in [0.15, 0.2) is 102 Å². The van der Waals surface area contributed by atoms with Gasteiger partial charge in [0.1, 0.15) is 5.76 Å². The molecule has 2 aliphatic carbocycles. The highest BCUT2D eigenvalue weighted by Gasteiger charge is 2.32. The summed E-state index contributed by atoms with van der Waals surface area (Å²) in [5.41, 5.74) is 2.15. The molecule has 148 valence electrons. The molecular weight excluding hydrogens is 388 g/mol. The highest BCUT2D eigenvalue weighted by Crippen LogP contribution is 2.34. The van der Waals surface area contributed by atoms with Crippen molar-refractivity contribution in [2.45, 2.75) is 0 Å². The van der Waals surface area contributed by atoms with Crippen molar-refractivity contribution in [1.29, 1.82) is 0 Å². The number of hydrogen-bond donors (Lipinski definition) is 1. The zero-order valence-corrected chi connectivity index (χ0v) is 16.3. The second-order valence-electron chi connectivity index (χ2n) is 7.36. The first-order valence-electron chi connectivity index (χ1n) is 9.81. The molecule has 2 aliphatic rings. The molecule has 3 aromatic rings. The van der Waals surface area contributed by atoms with Crippen molar-refractivity contribution in [3.63, 3.8) is 0 Å². The van der Waals surface area contributed by atoms with Crippen molar-refractivity contribution >= 4 is 33.9 Å². The molecule has 0 aromatic heterocycles. The molecule has 0 unspecified atom stereocenters. The minimum Gasteiger partial charge on any atom is -0.507 e. The number of carbonyl (C=O) groups excluding carboxylic acids is 3.